The van der Waals surface area contributed by atoms with Crippen molar-refractivity contribution in [2.75, 3.05) is 13.2 Å². The highest BCUT2D eigenvalue weighted by Gasteiger charge is 2.36. The first kappa shape index (κ1) is 27.2. The van der Waals surface area contributed by atoms with Crippen molar-refractivity contribution >= 4 is 35.0 Å². The van der Waals surface area contributed by atoms with Gasteiger partial charge < -0.3 is 30.5 Å². The van der Waals surface area contributed by atoms with E-state index in [1.807, 2.05) is 6.07 Å². The molecular weight excluding hydrogens is 524 g/mol. The van der Waals surface area contributed by atoms with Crippen molar-refractivity contribution in [2.45, 2.75) is 50.0 Å². The van der Waals surface area contributed by atoms with E-state index in [2.05, 4.69) is 22.5 Å². The Bertz CT molecular complexity index is 1170. The van der Waals surface area contributed by atoms with Gasteiger partial charge in [0.2, 0.25) is 0 Å². The topological polar surface area (TPSA) is 109 Å². The van der Waals surface area contributed by atoms with Crippen LogP contribution >= 0.6 is 23.2 Å². The average Bonchev–Trinajstić information content (AvgIpc) is 2.83. The van der Waals surface area contributed by atoms with Crippen LogP contribution in [0.2, 0.25) is 10.0 Å². The first-order chi connectivity index (χ1) is 17.7. The van der Waals surface area contributed by atoms with Crippen molar-refractivity contribution in [3.05, 3.63) is 70.1 Å². The summed E-state index contributed by atoms with van der Waals surface area (Å²) in [6, 6.07) is 9.19. The van der Waals surface area contributed by atoms with Crippen LogP contribution in [0.4, 0.5) is 4.39 Å². The van der Waals surface area contributed by atoms with E-state index in [-0.39, 0.29) is 48.0 Å². The van der Waals surface area contributed by atoms with Crippen molar-refractivity contribution in [1.82, 2.24) is 16.0 Å². The summed E-state index contributed by atoms with van der Waals surface area (Å²) in [5, 5.41) is 19.1. The van der Waals surface area contributed by atoms with Gasteiger partial charge in [-0.25, -0.2) is 4.39 Å². The molecule has 0 bridgehead atoms. The Morgan fingerprint density at radius 3 is 2.68 bits per heavy atom. The molecule has 0 radical (unpaired) electrons. The van der Waals surface area contributed by atoms with E-state index >= 15 is 0 Å². The number of halogens is 3. The van der Waals surface area contributed by atoms with Crippen molar-refractivity contribution in [3.63, 3.8) is 0 Å². The molecule has 2 unspecified atom stereocenters. The maximum absolute atomic E-state index is 13.4. The van der Waals surface area contributed by atoms with Gasteiger partial charge in [0, 0.05) is 53.8 Å². The minimum atomic E-state index is -0.754. The maximum atomic E-state index is 13.4. The molecule has 2 amide bonds. The molecule has 1 saturated carbocycles. The molecule has 2 aliphatic rings. The Hall–Kier alpha value is -2.85. The fourth-order valence-electron chi connectivity index (χ4n) is 4.20. The molecule has 2 aromatic rings. The number of fused-ring (bicyclic) bond motifs is 1. The summed E-state index contributed by atoms with van der Waals surface area (Å²) in [6.45, 7) is 3.79. The lowest BCUT2D eigenvalue weighted by Crippen LogP contribution is -2.49. The Morgan fingerprint density at radius 1 is 1.16 bits per heavy atom. The van der Waals surface area contributed by atoms with Gasteiger partial charge in [0.05, 0.1) is 11.1 Å². The zero-order chi connectivity index (χ0) is 26.5. The van der Waals surface area contributed by atoms with E-state index in [9.17, 15) is 19.1 Å². The zero-order valence-corrected chi connectivity index (χ0v) is 21.4. The average molecular weight is 552 g/mol. The van der Waals surface area contributed by atoms with Crippen LogP contribution in [0, 0.1) is 5.82 Å². The summed E-state index contributed by atoms with van der Waals surface area (Å²) >= 11 is 11.8. The van der Waals surface area contributed by atoms with Gasteiger partial charge in [-0.2, -0.15) is 0 Å². The number of hydrogen-bond donors (Lipinski definition) is 4. The van der Waals surface area contributed by atoms with Gasteiger partial charge in [0.15, 0.2) is 12.7 Å². The first-order valence-corrected chi connectivity index (χ1v) is 12.7. The van der Waals surface area contributed by atoms with Crippen LogP contribution in [0.3, 0.4) is 0 Å². The monoisotopic (exact) mass is 551 g/mol. The molecule has 1 heterocycles. The number of hydrogen-bond acceptors (Lipinski definition) is 6. The summed E-state index contributed by atoms with van der Waals surface area (Å²) in [7, 11) is 0. The van der Waals surface area contributed by atoms with E-state index in [0.29, 0.717) is 42.2 Å². The molecule has 4 rings (SSSR count). The third-order valence-corrected chi connectivity index (χ3v) is 6.76. The molecule has 198 valence electrons. The predicted octanol–water partition coefficient (Wildman–Crippen LogP) is 3.65. The summed E-state index contributed by atoms with van der Waals surface area (Å²) in [6.07, 6.45) is 0.955. The molecule has 37 heavy (non-hydrogen) atoms. The van der Waals surface area contributed by atoms with Crippen LogP contribution in [-0.2, 0) is 9.59 Å². The minimum Gasteiger partial charge on any atom is -0.484 e. The number of carbonyl (C=O) groups excluding carboxylic acids is 2. The normalized spacial score (nSPS) is 22.2. The molecule has 4 N–H and O–H groups in total. The zero-order valence-electron chi connectivity index (χ0n) is 19.9. The van der Waals surface area contributed by atoms with E-state index in [1.165, 1.54) is 12.1 Å². The van der Waals surface area contributed by atoms with Crippen molar-refractivity contribution in [2.24, 2.45) is 0 Å². The van der Waals surface area contributed by atoms with E-state index < -0.39 is 17.8 Å². The van der Waals surface area contributed by atoms with Crippen LogP contribution in [0.5, 0.6) is 11.5 Å². The van der Waals surface area contributed by atoms with Crippen molar-refractivity contribution < 1.29 is 28.6 Å². The minimum absolute atomic E-state index is 0.0328. The number of benzene rings is 2. The number of aliphatic hydroxyl groups excluding tert-OH is 1. The lowest BCUT2D eigenvalue weighted by atomic mass is 9.86. The Morgan fingerprint density at radius 2 is 1.95 bits per heavy atom. The van der Waals surface area contributed by atoms with E-state index in [1.54, 1.807) is 12.1 Å². The van der Waals surface area contributed by atoms with Crippen LogP contribution in [0.15, 0.2) is 48.7 Å². The molecular formula is C26H28Cl2FN3O5. The maximum Gasteiger partial charge on any atom is 0.265 e. The van der Waals surface area contributed by atoms with Crippen molar-refractivity contribution in [1.29, 1.82) is 0 Å². The summed E-state index contributed by atoms with van der Waals surface area (Å²) < 4.78 is 24.6. The van der Waals surface area contributed by atoms with Gasteiger partial charge in [0.1, 0.15) is 17.3 Å². The molecule has 1 aliphatic heterocycles. The highest BCUT2D eigenvalue weighted by molar-refractivity contribution is 6.31. The molecule has 2 atom stereocenters. The lowest BCUT2D eigenvalue weighted by Gasteiger charge is -2.39. The second kappa shape index (κ2) is 12.1. The lowest BCUT2D eigenvalue weighted by molar-refractivity contribution is -0.128. The molecule has 1 fully saturated rings. The Labute approximate surface area is 224 Å². The third kappa shape index (κ3) is 7.35. The predicted molar refractivity (Wildman–Crippen MR) is 137 cm³/mol. The van der Waals surface area contributed by atoms with Gasteiger partial charge in [-0.05, 0) is 43.2 Å². The first-order valence-electron chi connectivity index (χ1n) is 11.9. The highest BCUT2D eigenvalue weighted by Crippen LogP contribution is 2.38. The number of nitrogens with one attached hydrogen (secondary N) is 3. The molecule has 11 heteroatoms. The summed E-state index contributed by atoms with van der Waals surface area (Å²) in [5.41, 5.74) is 1.30. The van der Waals surface area contributed by atoms with E-state index in [0.717, 1.165) is 11.6 Å². The number of rotatable bonds is 10. The number of ether oxygens (including phenoxy) is 2. The standard InChI is InChI=1S/C26H28Cl2FN3O5/c1-14(6-7-30-25(34)13-36-18-3-4-20(28)21(29)11-18)31-26(35)24-12-22(32-16-9-17(33)10-16)19-8-15(27)2-5-23(19)37-24/h2-5,8,11,16-17,22,24,32-33H,1,6-7,9-10,12-13H2,(H,30,34)(H,31,35)/t16-,17+,22?,24?. The van der Waals surface area contributed by atoms with Crippen LogP contribution < -0.4 is 25.4 Å². The van der Waals surface area contributed by atoms with Gasteiger partial charge in [0.25, 0.3) is 11.8 Å². The quantitative estimate of drug-likeness (QED) is 0.359. The SMILES string of the molecule is C=C(CCNC(=O)COc1ccc(Cl)c(F)c1)NC(=O)C1CC(N[C@H]2C[C@@H](O)C2)c2cc(Cl)ccc2O1. The fraction of sp³-hybridized carbons (Fsp3) is 0.385. The molecule has 1 aliphatic carbocycles. The number of aliphatic hydroxyl groups is 1. The molecule has 8 nitrogen and oxygen atoms in total. The second-order valence-corrected chi connectivity index (χ2v) is 9.97. The number of amides is 2. The van der Waals surface area contributed by atoms with Gasteiger partial charge in [-0.15, -0.1) is 0 Å². The van der Waals surface area contributed by atoms with Crippen molar-refractivity contribution in [3.8, 4) is 11.5 Å². The number of carbonyl (C=O) groups is 2. The van der Waals surface area contributed by atoms with Gasteiger partial charge in [-0.3, -0.25) is 9.59 Å². The fourth-order valence-corrected chi connectivity index (χ4v) is 4.50. The Balaban J connectivity index is 1.23. The van der Waals surface area contributed by atoms with Crippen LogP contribution in [0.25, 0.3) is 0 Å². The van der Waals surface area contributed by atoms with Gasteiger partial charge >= 0.3 is 0 Å². The third-order valence-electron chi connectivity index (χ3n) is 6.22. The molecule has 0 saturated heterocycles. The second-order valence-electron chi connectivity index (χ2n) is 9.12. The summed E-state index contributed by atoms with van der Waals surface area (Å²) in [4.78, 5) is 24.9. The Kier molecular flexibility index (Phi) is 8.91. The molecule has 0 aromatic heterocycles. The smallest absolute Gasteiger partial charge is 0.265 e. The van der Waals surface area contributed by atoms with Crippen LogP contribution in [0.1, 0.15) is 37.3 Å². The summed E-state index contributed by atoms with van der Waals surface area (Å²) in [5.74, 6) is -0.622. The molecule has 2 aromatic carbocycles. The molecule has 0 spiro atoms. The van der Waals surface area contributed by atoms with Crippen LogP contribution in [-0.4, -0.2) is 48.3 Å². The van der Waals surface area contributed by atoms with Gasteiger partial charge in [-0.1, -0.05) is 29.8 Å². The largest absolute Gasteiger partial charge is 0.484 e. The van der Waals surface area contributed by atoms with E-state index in [4.69, 9.17) is 32.7 Å². The highest BCUT2D eigenvalue weighted by atomic mass is 35.5.